The lowest BCUT2D eigenvalue weighted by atomic mass is 10.1. The molecule has 29 heavy (non-hydrogen) atoms. The summed E-state index contributed by atoms with van der Waals surface area (Å²) in [4.78, 5) is 11.1. The molecule has 0 radical (unpaired) electrons. The number of ether oxygens (including phenoxy) is 1. The summed E-state index contributed by atoms with van der Waals surface area (Å²) in [6, 6.07) is 23.0. The van der Waals surface area contributed by atoms with Crippen LogP contribution >= 0.6 is 0 Å². The van der Waals surface area contributed by atoms with E-state index >= 15 is 0 Å². The molecular weight excluding hydrogens is 366 g/mol. The lowest BCUT2D eigenvalue weighted by Gasteiger charge is -2.10. The molecule has 3 aromatic carbocycles. The van der Waals surface area contributed by atoms with E-state index in [4.69, 9.17) is 20.0 Å². The first kappa shape index (κ1) is 18.8. The van der Waals surface area contributed by atoms with Crippen molar-refractivity contribution in [1.82, 2.24) is 0 Å². The number of carboxylic acids is 1. The monoisotopic (exact) mass is 387 g/mol. The highest BCUT2D eigenvalue weighted by Gasteiger charge is 2.12. The molecule has 0 saturated carbocycles. The van der Waals surface area contributed by atoms with Crippen LogP contribution in [0.25, 0.3) is 22.3 Å². The summed E-state index contributed by atoms with van der Waals surface area (Å²) in [5.74, 6) is 0.461. The zero-order valence-electron chi connectivity index (χ0n) is 15.8. The molecule has 0 fully saturated rings. The van der Waals surface area contributed by atoms with Gasteiger partial charge in [0.1, 0.15) is 23.7 Å². The van der Waals surface area contributed by atoms with Crippen LogP contribution in [0.4, 0.5) is 0 Å². The second-order valence-corrected chi connectivity index (χ2v) is 6.81. The van der Waals surface area contributed by atoms with Gasteiger partial charge in [-0.1, -0.05) is 48.5 Å². The number of para-hydroxylation sites is 1. The summed E-state index contributed by atoms with van der Waals surface area (Å²) < 4.78 is 12.0. The Morgan fingerprint density at radius 2 is 1.76 bits per heavy atom. The Morgan fingerprint density at radius 3 is 2.59 bits per heavy atom. The fourth-order valence-corrected chi connectivity index (χ4v) is 3.35. The number of rotatable bonds is 7. The Bertz CT molecular complexity index is 1160. The van der Waals surface area contributed by atoms with Crippen molar-refractivity contribution in [3.8, 4) is 17.1 Å². The van der Waals surface area contributed by atoms with E-state index < -0.39 is 5.97 Å². The van der Waals surface area contributed by atoms with Crippen LogP contribution < -0.4 is 10.5 Å². The van der Waals surface area contributed by atoms with Gasteiger partial charge >= 0.3 is 5.97 Å². The normalized spacial score (nSPS) is 10.9. The highest BCUT2D eigenvalue weighted by atomic mass is 16.5. The summed E-state index contributed by atoms with van der Waals surface area (Å²) in [5.41, 5.74) is 10.2. The molecule has 0 spiro atoms. The molecule has 0 aliphatic rings. The molecule has 1 aromatic heterocycles. The molecule has 0 aliphatic heterocycles. The van der Waals surface area contributed by atoms with E-state index in [1.165, 1.54) is 0 Å². The molecule has 1 heterocycles. The Hall–Kier alpha value is -3.57. The van der Waals surface area contributed by atoms with Gasteiger partial charge in [-0.3, -0.25) is 4.79 Å². The largest absolute Gasteiger partial charge is 0.489 e. The van der Waals surface area contributed by atoms with Crippen LogP contribution in [-0.2, 0) is 24.4 Å². The van der Waals surface area contributed by atoms with Gasteiger partial charge in [-0.2, -0.15) is 0 Å². The minimum absolute atomic E-state index is 0.0757. The van der Waals surface area contributed by atoms with Crippen molar-refractivity contribution in [3.63, 3.8) is 0 Å². The third kappa shape index (κ3) is 4.15. The van der Waals surface area contributed by atoms with Crippen molar-refractivity contribution in [1.29, 1.82) is 0 Å². The van der Waals surface area contributed by atoms with E-state index in [9.17, 15) is 4.79 Å². The van der Waals surface area contributed by atoms with Crippen LogP contribution in [0, 0.1) is 0 Å². The van der Waals surface area contributed by atoms with Gasteiger partial charge in [0.25, 0.3) is 0 Å². The maximum absolute atomic E-state index is 11.1. The van der Waals surface area contributed by atoms with E-state index in [1.807, 2.05) is 60.7 Å². The highest BCUT2D eigenvalue weighted by Crippen LogP contribution is 2.31. The molecule has 4 aromatic rings. The summed E-state index contributed by atoms with van der Waals surface area (Å²) in [5, 5.41) is 10.1. The SMILES string of the molecule is NCc1cccc(-c2cc3c(COc4ccccc4CC(=O)O)cccc3o2)c1. The predicted molar refractivity (Wildman–Crippen MR) is 112 cm³/mol. The van der Waals surface area contributed by atoms with Crippen molar-refractivity contribution in [2.75, 3.05) is 0 Å². The van der Waals surface area contributed by atoms with E-state index in [1.54, 1.807) is 12.1 Å². The molecule has 4 rings (SSSR count). The summed E-state index contributed by atoms with van der Waals surface area (Å²) in [6.07, 6.45) is -0.0757. The molecule has 0 amide bonds. The minimum Gasteiger partial charge on any atom is -0.489 e. The Kier molecular flexibility index (Phi) is 5.31. The number of aliphatic carboxylic acids is 1. The van der Waals surface area contributed by atoms with Crippen LogP contribution in [0.2, 0.25) is 0 Å². The lowest BCUT2D eigenvalue weighted by molar-refractivity contribution is -0.136. The van der Waals surface area contributed by atoms with Crippen molar-refractivity contribution in [2.24, 2.45) is 5.73 Å². The highest BCUT2D eigenvalue weighted by molar-refractivity contribution is 5.86. The van der Waals surface area contributed by atoms with Crippen molar-refractivity contribution in [2.45, 2.75) is 19.6 Å². The second kappa shape index (κ2) is 8.20. The molecule has 0 bridgehead atoms. The summed E-state index contributed by atoms with van der Waals surface area (Å²) >= 11 is 0. The number of hydrogen-bond donors (Lipinski definition) is 2. The zero-order valence-corrected chi connectivity index (χ0v) is 15.8. The van der Waals surface area contributed by atoms with Crippen LogP contribution in [0.1, 0.15) is 16.7 Å². The first-order valence-corrected chi connectivity index (χ1v) is 9.37. The van der Waals surface area contributed by atoms with Crippen LogP contribution in [0.5, 0.6) is 5.75 Å². The topological polar surface area (TPSA) is 85.7 Å². The summed E-state index contributed by atoms with van der Waals surface area (Å²) in [6.45, 7) is 0.790. The van der Waals surface area contributed by atoms with Gasteiger partial charge < -0.3 is 20.0 Å². The number of benzene rings is 3. The first-order chi connectivity index (χ1) is 14.1. The first-order valence-electron chi connectivity index (χ1n) is 9.37. The lowest BCUT2D eigenvalue weighted by Crippen LogP contribution is -2.04. The number of fused-ring (bicyclic) bond motifs is 1. The maximum Gasteiger partial charge on any atom is 0.307 e. The molecule has 146 valence electrons. The van der Waals surface area contributed by atoms with Crippen molar-refractivity contribution >= 4 is 16.9 Å². The third-order valence-electron chi connectivity index (χ3n) is 4.80. The average molecular weight is 387 g/mol. The smallest absolute Gasteiger partial charge is 0.307 e. The van der Waals surface area contributed by atoms with Gasteiger partial charge in [0, 0.05) is 28.6 Å². The number of carboxylic acid groups (broad SMARTS) is 1. The molecule has 0 unspecified atom stereocenters. The van der Waals surface area contributed by atoms with Crippen LogP contribution in [0.3, 0.4) is 0 Å². The van der Waals surface area contributed by atoms with Gasteiger partial charge in [0.05, 0.1) is 6.42 Å². The molecular formula is C24H21NO4. The Morgan fingerprint density at radius 1 is 0.966 bits per heavy atom. The van der Waals surface area contributed by atoms with Crippen molar-refractivity contribution < 1.29 is 19.1 Å². The van der Waals surface area contributed by atoms with Crippen LogP contribution in [-0.4, -0.2) is 11.1 Å². The minimum atomic E-state index is -0.887. The van der Waals surface area contributed by atoms with E-state index in [0.717, 1.165) is 33.4 Å². The molecule has 0 atom stereocenters. The average Bonchev–Trinajstić information content (AvgIpc) is 3.18. The molecule has 0 aliphatic carbocycles. The number of nitrogens with two attached hydrogens (primary N) is 1. The van der Waals surface area contributed by atoms with E-state index in [2.05, 4.69) is 0 Å². The number of hydrogen-bond acceptors (Lipinski definition) is 4. The quantitative estimate of drug-likeness (QED) is 0.477. The standard InChI is InChI=1S/C24H21NO4/c25-14-16-5-3-7-17(11-16)23-13-20-19(8-4-10-22(20)29-23)15-28-21-9-2-1-6-18(21)12-24(26)27/h1-11,13H,12,14-15,25H2,(H,26,27). The van der Waals surface area contributed by atoms with Gasteiger partial charge in [-0.05, 0) is 29.8 Å². The molecule has 5 nitrogen and oxygen atoms in total. The van der Waals surface area contributed by atoms with Crippen LogP contribution in [0.15, 0.2) is 77.2 Å². The van der Waals surface area contributed by atoms with Gasteiger partial charge in [0.2, 0.25) is 0 Å². The van der Waals surface area contributed by atoms with E-state index in [-0.39, 0.29) is 6.42 Å². The second-order valence-electron chi connectivity index (χ2n) is 6.81. The van der Waals surface area contributed by atoms with Crippen molar-refractivity contribution in [3.05, 3.63) is 89.5 Å². The summed E-state index contributed by atoms with van der Waals surface area (Å²) in [7, 11) is 0. The third-order valence-corrected chi connectivity index (χ3v) is 4.80. The fraction of sp³-hybridized carbons (Fsp3) is 0.125. The van der Waals surface area contributed by atoms with Gasteiger partial charge in [-0.15, -0.1) is 0 Å². The number of furan rings is 1. The van der Waals surface area contributed by atoms with Gasteiger partial charge in [0.15, 0.2) is 0 Å². The fourth-order valence-electron chi connectivity index (χ4n) is 3.35. The van der Waals surface area contributed by atoms with E-state index in [0.29, 0.717) is 24.5 Å². The Balaban J connectivity index is 1.62. The Labute approximate surface area is 168 Å². The van der Waals surface area contributed by atoms with Gasteiger partial charge in [-0.25, -0.2) is 0 Å². The number of carbonyl (C=O) groups is 1. The molecule has 0 saturated heterocycles. The zero-order chi connectivity index (χ0) is 20.2. The maximum atomic E-state index is 11.1. The molecule has 3 N–H and O–H groups in total. The predicted octanol–water partition coefficient (Wildman–Crippen LogP) is 4.76. The molecule has 5 heteroatoms.